The highest BCUT2D eigenvalue weighted by Crippen LogP contribution is 2.50. The summed E-state index contributed by atoms with van der Waals surface area (Å²) in [6.07, 6.45) is 9.52. The highest BCUT2D eigenvalue weighted by atomic mass is 16.2. The predicted octanol–water partition coefficient (Wildman–Crippen LogP) is 2.40. The Bertz CT molecular complexity index is 344. The Hall–Kier alpha value is -0.570. The molecule has 1 saturated heterocycles. The summed E-state index contributed by atoms with van der Waals surface area (Å²) in [4.78, 5) is 14.5. The van der Waals surface area contributed by atoms with E-state index in [0.717, 1.165) is 24.3 Å². The van der Waals surface area contributed by atoms with E-state index < -0.39 is 0 Å². The zero-order valence-electron chi connectivity index (χ0n) is 12.2. The largest absolute Gasteiger partial charge is 0.339 e. The molecule has 2 bridgehead atoms. The summed E-state index contributed by atoms with van der Waals surface area (Å²) in [6.45, 7) is 3.42. The Morgan fingerprint density at radius 1 is 1.32 bits per heavy atom. The molecule has 3 nitrogen and oxygen atoms in total. The minimum absolute atomic E-state index is 0.000583. The third-order valence-corrected chi connectivity index (χ3v) is 5.89. The summed E-state index contributed by atoms with van der Waals surface area (Å²) in [5, 5.41) is 0. The van der Waals surface area contributed by atoms with Crippen molar-refractivity contribution in [1.29, 1.82) is 0 Å². The van der Waals surface area contributed by atoms with Crippen molar-refractivity contribution in [3.63, 3.8) is 0 Å². The molecule has 1 heterocycles. The Labute approximate surface area is 116 Å². The fourth-order valence-corrected chi connectivity index (χ4v) is 4.77. The summed E-state index contributed by atoms with van der Waals surface area (Å²) in [5.74, 6) is 3.21. The van der Waals surface area contributed by atoms with Crippen LogP contribution in [0.2, 0.25) is 0 Å². The summed E-state index contributed by atoms with van der Waals surface area (Å²) in [7, 11) is 0. The van der Waals surface area contributed by atoms with Crippen LogP contribution in [0.5, 0.6) is 0 Å². The SMILES string of the molecule is CC(CN)C(=O)N1CCCC1CC1CC2CCC1C2. The molecule has 3 fully saturated rings. The van der Waals surface area contributed by atoms with E-state index in [-0.39, 0.29) is 5.92 Å². The van der Waals surface area contributed by atoms with E-state index in [2.05, 4.69) is 4.90 Å². The van der Waals surface area contributed by atoms with Crippen LogP contribution < -0.4 is 5.73 Å². The normalized spacial score (nSPS) is 38.9. The lowest BCUT2D eigenvalue weighted by molar-refractivity contribution is -0.135. The van der Waals surface area contributed by atoms with E-state index in [1.165, 1.54) is 44.9 Å². The smallest absolute Gasteiger partial charge is 0.226 e. The molecule has 0 aromatic carbocycles. The van der Waals surface area contributed by atoms with Crippen LogP contribution in [0.1, 0.15) is 51.9 Å². The second-order valence-electron chi connectivity index (χ2n) is 7.14. The number of likely N-dealkylation sites (tertiary alicyclic amines) is 1. The maximum Gasteiger partial charge on any atom is 0.226 e. The molecule has 1 amide bonds. The molecule has 5 unspecified atom stereocenters. The highest BCUT2D eigenvalue weighted by molar-refractivity contribution is 5.79. The van der Waals surface area contributed by atoms with E-state index in [4.69, 9.17) is 5.73 Å². The Kier molecular flexibility index (Phi) is 3.84. The first kappa shape index (κ1) is 13.4. The first-order valence-electron chi connectivity index (χ1n) is 8.19. The van der Waals surface area contributed by atoms with Crippen molar-refractivity contribution in [3.8, 4) is 0 Å². The summed E-state index contributed by atoms with van der Waals surface area (Å²) >= 11 is 0. The lowest BCUT2D eigenvalue weighted by Gasteiger charge is -2.31. The number of nitrogens with zero attached hydrogens (tertiary/aromatic N) is 1. The molecule has 108 valence electrons. The van der Waals surface area contributed by atoms with Gasteiger partial charge in [-0.1, -0.05) is 13.3 Å². The lowest BCUT2D eigenvalue weighted by atomic mass is 9.83. The van der Waals surface area contributed by atoms with Gasteiger partial charge in [0.2, 0.25) is 5.91 Å². The quantitative estimate of drug-likeness (QED) is 0.847. The van der Waals surface area contributed by atoms with Crippen molar-refractivity contribution < 1.29 is 4.79 Å². The number of fused-ring (bicyclic) bond motifs is 2. The number of nitrogens with two attached hydrogens (primary N) is 1. The number of carbonyl (C=O) groups excluding carboxylic acids is 1. The van der Waals surface area contributed by atoms with Gasteiger partial charge in [-0.05, 0) is 56.3 Å². The standard InChI is InChI=1S/C16H28N2O/c1-11(10-17)16(19)18-6-2-3-15(18)9-14-8-12-4-5-13(14)7-12/h11-15H,2-10,17H2,1H3. The summed E-state index contributed by atoms with van der Waals surface area (Å²) in [5.41, 5.74) is 5.65. The Morgan fingerprint density at radius 2 is 2.16 bits per heavy atom. The Morgan fingerprint density at radius 3 is 2.79 bits per heavy atom. The number of amides is 1. The second-order valence-corrected chi connectivity index (χ2v) is 7.14. The molecule has 1 aliphatic heterocycles. The van der Waals surface area contributed by atoms with Gasteiger partial charge in [0, 0.05) is 25.0 Å². The zero-order chi connectivity index (χ0) is 13.4. The maximum atomic E-state index is 12.4. The van der Waals surface area contributed by atoms with Crippen molar-refractivity contribution in [3.05, 3.63) is 0 Å². The molecule has 5 atom stereocenters. The van der Waals surface area contributed by atoms with Gasteiger partial charge in [0.25, 0.3) is 0 Å². The van der Waals surface area contributed by atoms with Crippen molar-refractivity contribution >= 4 is 5.91 Å². The van der Waals surface area contributed by atoms with Crippen LogP contribution in [0.25, 0.3) is 0 Å². The van der Waals surface area contributed by atoms with Crippen LogP contribution in [0.3, 0.4) is 0 Å². The minimum Gasteiger partial charge on any atom is -0.339 e. The number of hydrogen-bond acceptors (Lipinski definition) is 2. The van der Waals surface area contributed by atoms with Gasteiger partial charge < -0.3 is 10.6 Å². The number of hydrogen-bond donors (Lipinski definition) is 1. The van der Waals surface area contributed by atoms with Gasteiger partial charge in [-0.3, -0.25) is 4.79 Å². The van der Waals surface area contributed by atoms with Crippen LogP contribution in [0.15, 0.2) is 0 Å². The van der Waals surface area contributed by atoms with E-state index in [0.29, 0.717) is 18.5 Å². The molecule has 19 heavy (non-hydrogen) atoms. The fourth-order valence-electron chi connectivity index (χ4n) is 4.77. The van der Waals surface area contributed by atoms with Gasteiger partial charge in [0.1, 0.15) is 0 Å². The molecular weight excluding hydrogens is 236 g/mol. The van der Waals surface area contributed by atoms with Crippen LogP contribution in [0.4, 0.5) is 0 Å². The molecule has 0 aromatic heterocycles. The molecule has 2 saturated carbocycles. The van der Waals surface area contributed by atoms with Gasteiger partial charge in [-0.2, -0.15) is 0 Å². The topological polar surface area (TPSA) is 46.3 Å². The van der Waals surface area contributed by atoms with E-state index in [9.17, 15) is 4.79 Å². The van der Waals surface area contributed by atoms with Crippen LogP contribution >= 0.6 is 0 Å². The van der Waals surface area contributed by atoms with Gasteiger partial charge in [0.15, 0.2) is 0 Å². The molecule has 2 N–H and O–H groups in total. The van der Waals surface area contributed by atoms with Crippen molar-refractivity contribution in [2.24, 2.45) is 29.4 Å². The van der Waals surface area contributed by atoms with Crippen LogP contribution in [-0.4, -0.2) is 29.9 Å². The molecule has 3 heteroatoms. The second kappa shape index (κ2) is 5.43. The van der Waals surface area contributed by atoms with Crippen molar-refractivity contribution in [1.82, 2.24) is 4.90 Å². The van der Waals surface area contributed by atoms with Crippen LogP contribution in [0, 0.1) is 23.7 Å². The first-order chi connectivity index (χ1) is 9.19. The van der Waals surface area contributed by atoms with Gasteiger partial charge >= 0.3 is 0 Å². The van der Waals surface area contributed by atoms with Crippen molar-refractivity contribution in [2.45, 2.75) is 57.9 Å². The molecule has 2 aliphatic carbocycles. The predicted molar refractivity (Wildman–Crippen MR) is 76.5 cm³/mol. The molecule has 0 spiro atoms. The molecule has 0 aromatic rings. The average molecular weight is 264 g/mol. The third-order valence-electron chi connectivity index (χ3n) is 5.89. The Balaban J connectivity index is 1.59. The lowest BCUT2D eigenvalue weighted by Crippen LogP contribution is -2.42. The average Bonchev–Trinajstić information content (AvgIpc) is 3.13. The van der Waals surface area contributed by atoms with E-state index >= 15 is 0 Å². The molecule has 3 aliphatic rings. The van der Waals surface area contributed by atoms with E-state index in [1.54, 1.807) is 0 Å². The van der Waals surface area contributed by atoms with Crippen LogP contribution in [-0.2, 0) is 4.79 Å². The van der Waals surface area contributed by atoms with Gasteiger partial charge in [-0.25, -0.2) is 0 Å². The van der Waals surface area contributed by atoms with Crippen molar-refractivity contribution in [2.75, 3.05) is 13.1 Å². The number of rotatable bonds is 4. The fraction of sp³-hybridized carbons (Fsp3) is 0.938. The number of carbonyl (C=O) groups is 1. The van der Waals surface area contributed by atoms with Gasteiger partial charge in [0.05, 0.1) is 0 Å². The van der Waals surface area contributed by atoms with Gasteiger partial charge in [-0.15, -0.1) is 0 Å². The third kappa shape index (κ3) is 2.54. The zero-order valence-corrected chi connectivity index (χ0v) is 12.2. The minimum atomic E-state index is 0.000583. The highest BCUT2D eigenvalue weighted by Gasteiger charge is 2.42. The van der Waals surface area contributed by atoms with E-state index in [1.807, 2.05) is 6.92 Å². The maximum absolute atomic E-state index is 12.4. The first-order valence-corrected chi connectivity index (χ1v) is 8.19. The molecule has 3 rings (SSSR count). The summed E-state index contributed by atoms with van der Waals surface area (Å²) < 4.78 is 0. The summed E-state index contributed by atoms with van der Waals surface area (Å²) in [6, 6.07) is 0.519. The molecular formula is C16H28N2O. The monoisotopic (exact) mass is 264 g/mol. The molecule has 0 radical (unpaired) electrons.